The second-order valence-electron chi connectivity index (χ2n) is 3.21. The van der Waals surface area contributed by atoms with E-state index < -0.39 is 5.97 Å². The second kappa shape index (κ2) is 3.20. The van der Waals surface area contributed by atoms with Gasteiger partial charge in [-0.05, 0) is 18.6 Å². The number of hydrogen-bond donors (Lipinski definition) is 1. The van der Waals surface area contributed by atoms with Crippen molar-refractivity contribution < 1.29 is 9.90 Å². The van der Waals surface area contributed by atoms with Gasteiger partial charge in [0.15, 0.2) is 0 Å². The maximum atomic E-state index is 10.7. The molecule has 1 aromatic rings. The van der Waals surface area contributed by atoms with Crippen LogP contribution in [0.5, 0.6) is 0 Å². The number of fused-ring (bicyclic) bond motifs is 1. The molecule has 1 aliphatic carbocycles. The topological polar surface area (TPSA) is 50.2 Å². The maximum absolute atomic E-state index is 10.7. The smallest absolute Gasteiger partial charge is 0.354 e. The van der Waals surface area contributed by atoms with Gasteiger partial charge >= 0.3 is 5.97 Å². The highest BCUT2D eigenvalue weighted by molar-refractivity contribution is 9.10. The highest BCUT2D eigenvalue weighted by atomic mass is 79.9. The lowest BCUT2D eigenvalue weighted by molar-refractivity contribution is 0.0690. The van der Waals surface area contributed by atoms with E-state index in [1.807, 2.05) is 13.0 Å². The number of halogens is 1. The van der Waals surface area contributed by atoms with E-state index in [0.29, 0.717) is 0 Å². The number of carboxylic acid groups (broad SMARTS) is 1. The van der Waals surface area contributed by atoms with Crippen LogP contribution in [-0.2, 0) is 6.42 Å². The van der Waals surface area contributed by atoms with Crippen LogP contribution >= 0.6 is 15.9 Å². The van der Waals surface area contributed by atoms with Gasteiger partial charge in [-0.25, -0.2) is 9.78 Å². The Kier molecular flexibility index (Phi) is 2.15. The summed E-state index contributed by atoms with van der Waals surface area (Å²) in [4.78, 5) is 14.8. The Balaban J connectivity index is 2.61. The summed E-state index contributed by atoms with van der Waals surface area (Å²) < 4.78 is 0.811. The van der Waals surface area contributed by atoms with E-state index in [-0.39, 0.29) is 5.69 Å². The minimum absolute atomic E-state index is 0.0960. The Bertz CT molecular complexity index is 452. The fourth-order valence-electron chi connectivity index (χ4n) is 1.59. The van der Waals surface area contributed by atoms with Crippen LogP contribution in [-0.4, -0.2) is 16.1 Å². The molecule has 2 rings (SSSR count). The van der Waals surface area contributed by atoms with Gasteiger partial charge < -0.3 is 5.11 Å². The minimum atomic E-state index is -0.988. The van der Waals surface area contributed by atoms with Crippen LogP contribution in [0.2, 0.25) is 0 Å². The molecule has 0 spiro atoms. The first kappa shape index (κ1) is 9.40. The molecule has 4 heteroatoms. The first-order valence-corrected chi connectivity index (χ1v) is 4.98. The number of aromatic carboxylic acids is 1. The highest BCUT2D eigenvalue weighted by Crippen LogP contribution is 2.32. The first-order chi connectivity index (χ1) is 6.59. The molecule has 72 valence electrons. The Morgan fingerprint density at radius 3 is 3.00 bits per heavy atom. The molecule has 0 saturated carbocycles. The second-order valence-corrected chi connectivity index (χ2v) is 4.06. The van der Waals surface area contributed by atoms with Crippen molar-refractivity contribution in [2.75, 3.05) is 0 Å². The van der Waals surface area contributed by atoms with Gasteiger partial charge in [-0.2, -0.15) is 0 Å². The Labute approximate surface area is 89.6 Å². The lowest BCUT2D eigenvalue weighted by atomic mass is 10.1. The minimum Gasteiger partial charge on any atom is -0.477 e. The summed E-state index contributed by atoms with van der Waals surface area (Å²) in [5, 5.41) is 8.81. The number of hydrogen-bond acceptors (Lipinski definition) is 2. The molecule has 14 heavy (non-hydrogen) atoms. The van der Waals surface area contributed by atoms with Crippen LogP contribution in [0.25, 0.3) is 5.57 Å². The molecule has 1 aromatic heterocycles. The molecular formula is C10H8BrNO2. The Morgan fingerprint density at radius 1 is 1.64 bits per heavy atom. The van der Waals surface area contributed by atoms with Crippen LogP contribution in [0.3, 0.4) is 0 Å². The van der Waals surface area contributed by atoms with Crippen LogP contribution in [0, 0.1) is 0 Å². The summed E-state index contributed by atoms with van der Waals surface area (Å²) in [6.45, 7) is 2.00. The molecule has 0 unspecified atom stereocenters. The van der Waals surface area contributed by atoms with Crippen LogP contribution in [0.1, 0.15) is 28.7 Å². The molecule has 1 N–H and O–H groups in total. The molecule has 0 radical (unpaired) electrons. The number of carbonyl (C=O) groups is 1. The van der Waals surface area contributed by atoms with Gasteiger partial charge in [-0.15, -0.1) is 0 Å². The molecular weight excluding hydrogens is 246 g/mol. The SMILES string of the molecule is CC1=CCc2nc(C(=O)O)cc(Br)c21. The summed E-state index contributed by atoms with van der Waals surface area (Å²) in [7, 11) is 0. The third-order valence-electron chi connectivity index (χ3n) is 2.26. The summed E-state index contributed by atoms with van der Waals surface area (Å²) in [6, 6.07) is 1.55. The summed E-state index contributed by atoms with van der Waals surface area (Å²) in [5.74, 6) is -0.988. The maximum Gasteiger partial charge on any atom is 0.354 e. The van der Waals surface area contributed by atoms with Crippen molar-refractivity contribution in [2.24, 2.45) is 0 Å². The molecule has 0 aromatic carbocycles. The van der Waals surface area contributed by atoms with Gasteiger partial charge in [0.2, 0.25) is 0 Å². The van der Waals surface area contributed by atoms with Gasteiger partial charge in [0.05, 0.1) is 5.69 Å². The molecule has 0 fully saturated rings. The van der Waals surface area contributed by atoms with Crippen molar-refractivity contribution in [3.63, 3.8) is 0 Å². The number of allylic oxidation sites excluding steroid dienone is 2. The zero-order chi connectivity index (χ0) is 10.3. The average molecular weight is 254 g/mol. The van der Waals surface area contributed by atoms with E-state index in [0.717, 1.165) is 27.7 Å². The number of pyridine rings is 1. The lowest BCUT2D eigenvalue weighted by Gasteiger charge is -2.05. The Hall–Kier alpha value is -1.16. The predicted molar refractivity (Wildman–Crippen MR) is 56.3 cm³/mol. The standard InChI is InChI=1S/C10H8BrNO2/c1-5-2-3-7-9(5)6(11)4-8(12-7)10(13)14/h2,4H,3H2,1H3,(H,13,14). The molecule has 0 bridgehead atoms. The molecule has 0 amide bonds. The normalized spacial score (nSPS) is 13.7. The van der Waals surface area contributed by atoms with E-state index in [1.165, 1.54) is 0 Å². The number of nitrogens with zero attached hydrogens (tertiary/aromatic N) is 1. The lowest BCUT2D eigenvalue weighted by Crippen LogP contribution is -2.03. The van der Waals surface area contributed by atoms with Gasteiger partial charge in [-0.3, -0.25) is 0 Å². The van der Waals surface area contributed by atoms with Crippen molar-refractivity contribution in [3.8, 4) is 0 Å². The quantitative estimate of drug-likeness (QED) is 0.837. The highest BCUT2D eigenvalue weighted by Gasteiger charge is 2.18. The molecule has 0 saturated heterocycles. The number of carboxylic acids is 1. The third-order valence-corrected chi connectivity index (χ3v) is 2.89. The fraction of sp³-hybridized carbons (Fsp3) is 0.200. The molecule has 1 aliphatic rings. The third kappa shape index (κ3) is 1.35. The van der Waals surface area contributed by atoms with Gasteiger partial charge in [0.25, 0.3) is 0 Å². The number of rotatable bonds is 1. The van der Waals surface area contributed by atoms with E-state index >= 15 is 0 Å². The molecule has 3 nitrogen and oxygen atoms in total. The van der Waals surface area contributed by atoms with Crippen LogP contribution < -0.4 is 0 Å². The van der Waals surface area contributed by atoms with Crippen molar-refractivity contribution >= 4 is 27.5 Å². The molecule has 1 heterocycles. The monoisotopic (exact) mass is 253 g/mol. The molecule has 0 atom stereocenters. The molecule has 0 aliphatic heterocycles. The average Bonchev–Trinajstić information content (AvgIpc) is 2.48. The fourth-order valence-corrected chi connectivity index (χ4v) is 2.35. The Morgan fingerprint density at radius 2 is 2.36 bits per heavy atom. The van der Waals surface area contributed by atoms with Gasteiger partial charge in [0, 0.05) is 16.5 Å². The zero-order valence-electron chi connectivity index (χ0n) is 7.54. The van der Waals surface area contributed by atoms with E-state index in [2.05, 4.69) is 20.9 Å². The van der Waals surface area contributed by atoms with Crippen LogP contribution in [0.15, 0.2) is 16.6 Å². The summed E-state index contributed by atoms with van der Waals surface area (Å²) >= 11 is 3.36. The summed E-state index contributed by atoms with van der Waals surface area (Å²) in [5.41, 5.74) is 3.12. The zero-order valence-corrected chi connectivity index (χ0v) is 9.13. The summed E-state index contributed by atoms with van der Waals surface area (Å²) in [6.07, 6.45) is 2.77. The largest absolute Gasteiger partial charge is 0.477 e. The first-order valence-electron chi connectivity index (χ1n) is 4.19. The van der Waals surface area contributed by atoms with E-state index in [1.54, 1.807) is 6.07 Å². The van der Waals surface area contributed by atoms with Crippen molar-refractivity contribution in [1.82, 2.24) is 4.98 Å². The van der Waals surface area contributed by atoms with Crippen molar-refractivity contribution in [2.45, 2.75) is 13.3 Å². The van der Waals surface area contributed by atoms with E-state index in [9.17, 15) is 4.79 Å². The van der Waals surface area contributed by atoms with Gasteiger partial charge in [-0.1, -0.05) is 22.0 Å². The van der Waals surface area contributed by atoms with Gasteiger partial charge in [0.1, 0.15) is 5.69 Å². The van der Waals surface area contributed by atoms with Crippen LogP contribution in [0.4, 0.5) is 0 Å². The van der Waals surface area contributed by atoms with Crippen molar-refractivity contribution in [3.05, 3.63) is 33.6 Å². The predicted octanol–water partition coefficient (Wildman–Crippen LogP) is 2.50. The van der Waals surface area contributed by atoms with E-state index in [4.69, 9.17) is 5.11 Å². The number of aromatic nitrogens is 1. The van der Waals surface area contributed by atoms with Crippen molar-refractivity contribution in [1.29, 1.82) is 0 Å².